The van der Waals surface area contributed by atoms with Crippen molar-refractivity contribution < 1.29 is 4.79 Å². The molecule has 0 aliphatic rings. The van der Waals surface area contributed by atoms with Crippen molar-refractivity contribution in [3.8, 4) is 0 Å². The van der Waals surface area contributed by atoms with Gasteiger partial charge in [-0.15, -0.1) is 0 Å². The highest BCUT2D eigenvalue weighted by Gasteiger charge is 2.15. The Balaban J connectivity index is 2.14. The van der Waals surface area contributed by atoms with Gasteiger partial charge in [0.05, 0.1) is 6.04 Å². The molecule has 0 aliphatic carbocycles. The topological polar surface area (TPSA) is 74.8 Å². The monoisotopic (exact) mass is 271 g/mol. The average molecular weight is 271 g/mol. The van der Waals surface area contributed by atoms with E-state index in [0.717, 1.165) is 18.4 Å². The van der Waals surface area contributed by atoms with Crippen LogP contribution in [0.4, 0.5) is 0 Å². The van der Waals surface area contributed by atoms with Crippen LogP contribution < -0.4 is 10.9 Å². The quantitative estimate of drug-likeness (QED) is 0.873. The molecule has 1 amide bonds. The minimum atomic E-state index is -0.324. The molecule has 1 heterocycles. The van der Waals surface area contributed by atoms with Crippen LogP contribution in [0.25, 0.3) is 0 Å². The van der Waals surface area contributed by atoms with E-state index in [9.17, 15) is 9.59 Å². The lowest BCUT2D eigenvalue weighted by Gasteiger charge is -2.18. The molecule has 0 bridgehead atoms. The maximum atomic E-state index is 12.1. The Kier molecular flexibility index (Phi) is 4.65. The predicted octanol–water partition coefficient (Wildman–Crippen LogP) is 2.04. The van der Waals surface area contributed by atoms with Gasteiger partial charge in [-0.2, -0.15) is 5.10 Å². The Bertz CT molecular complexity index is 602. The number of nitrogens with one attached hydrogen (secondary N) is 2. The van der Waals surface area contributed by atoms with Gasteiger partial charge in [-0.25, -0.2) is 5.10 Å². The zero-order chi connectivity index (χ0) is 14.4. The van der Waals surface area contributed by atoms with E-state index in [4.69, 9.17) is 0 Å². The second kappa shape index (κ2) is 6.65. The van der Waals surface area contributed by atoms with Gasteiger partial charge >= 0.3 is 0 Å². The summed E-state index contributed by atoms with van der Waals surface area (Å²) in [4.78, 5) is 23.1. The fourth-order valence-corrected chi connectivity index (χ4v) is 2.00. The first-order chi connectivity index (χ1) is 9.70. The van der Waals surface area contributed by atoms with Crippen LogP contribution in [0.2, 0.25) is 0 Å². The summed E-state index contributed by atoms with van der Waals surface area (Å²) in [5.41, 5.74) is 0.948. The Morgan fingerprint density at radius 3 is 2.60 bits per heavy atom. The molecule has 1 atom stereocenters. The van der Waals surface area contributed by atoms with E-state index in [1.807, 2.05) is 30.3 Å². The summed E-state index contributed by atoms with van der Waals surface area (Å²) in [7, 11) is 0. The van der Waals surface area contributed by atoms with Crippen molar-refractivity contribution in [2.24, 2.45) is 0 Å². The van der Waals surface area contributed by atoms with Gasteiger partial charge in [0.2, 0.25) is 0 Å². The van der Waals surface area contributed by atoms with Crippen molar-refractivity contribution in [2.75, 3.05) is 0 Å². The Labute approximate surface area is 117 Å². The highest BCUT2D eigenvalue weighted by atomic mass is 16.2. The Morgan fingerprint density at radius 1 is 1.25 bits per heavy atom. The minimum absolute atomic E-state index is 0.0533. The van der Waals surface area contributed by atoms with E-state index in [-0.39, 0.29) is 23.2 Å². The number of H-pyrrole nitrogens is 1. The molecule has 5 heteroatoms. The third-order valence-electron chi connectivity index (χ3n) is 3.00. The lowest BCUT2D eigenvalue weighted by Crippen LogP contribution is -2.30. The van der Waals surface area contributed by atoms with Gasteiger partial charge < -0.3 is 5.32 Å². The first kappa shape index (κ1) is 14.0. The van der Waals surface area contributed by atoms with Crippen molar-refractivity contribution in [3.05, 3.63) is 64.1 Å². The lowest BCUT2D eigenvalue weighted by atomic mass is 10.0. The van der Waals surface area contributed by atoms with Crippen LogP contribution in [0, 0.1) is 0 Å². The number of rotatable bonds is 5. The van der Waals surface area contributed by atoms with Crippen LogP contribution in [0.3, 0.4) is 0 Å². The number of benzene rings is 1. The number of hydrogen-bond donors (Lipinski definition) is 2. The number of aromatic nitrogens is 2. The summed E-state index contributed by atoms with van der Waals surface area (Å²) in [5, 5.41) is 8.94. The molecule has 104 valence electrons. The third-order valence-corrected chi connectivity index (χ3v) is 3.00. The number of carbonyl (C=O) groups excluding carboxylic acids is 1. The molecule has 0 saturated heterocycles. The standard InChI is InChI=1S/C15H17N3O2/c1-2-6-12(11-7-4-3-5-8-11)16-15(20)13-9-10-14(19)18-17-13/h3-5,7-10,12H,2,6H2,1H3,(H,16,20)(H,18,19). The summed E-state index contributed by atoms with van der Waals surface area (Å²) >= 11 is 0. The van der Waals surface area contributed by atoms with Gasteiger partial charge in [0, 0.05) is 6.07 Å². The first-order valence-electron chi connectivity index (χ1n) is 6.62. The maximum Gasteiger partial charge on any atom is 0.272 e. The van der Waals surface area contributed by atoms with E-state index in [0.29, 0.717) is 0 Å². The van der Waals surface area contributed by atoms with Crippen molar-refractivity contribution in [3.63, 3.8) is 0 Å². The number of amides is 1. The molecule has 1 aromatic heterocycles. The largest absolute Gasteiger partial charge is 0.344 e. The van der Waals surface area contributed by atoms with Crippen molar-refractivity contribution >= 4 is 5.91 Å². The van der Waals surface area contributed by atoms with Crippen LogP contribution >= 0.6 is 0 Å². The summed E-state index contributed by atoms with van der Waals surface area (Å²) in [5.74, 6) is -0.288. The van der Waals surface area contributed by atoms with Gasteiger partial charge in [-0.3, -0.25) is 9.59 Å². The Morgan fingerprint density at radius 2 is 2.00 bits per heavy atom. The van der Waals surface area contributed by atoms with Crippen LogP contribution in [0.1, 0.15) is 41.9 Å². The van der Waals surface area contributed by atoms with E-state index in [2.05, 4.69) is 22.4 Å². The van der Waals surface area contributed by atoms with Crippen LogP contribution in [-0.2, 0) is 0 Å². The molecule has 2 aromatic rings. The second-order valence-corrected chi connectivity index (χ2v) is 4.53. The van der Waals surface area contributed by atoms with E-state index < -0.39 is 0 Å². The molecule has 0 spiro atoms. The zero-order valence-electron chi connectivity index (χ0n) is 11.3. The van der Waals surface area contributed by atoms with Crippen molar-refractivity contribution in [2.45, 2.75) is 25.8 Å². The minimum Gasteiger partial charge on any atom is -0.344 e. The van der Waals surface area contributed by atoms with Gasteiger partial charge in [0.15, 0.2) is 0 Å². The summed E-state index contributed by atoms with van der Waals surface area (Å²) in [6.07, 6.45) is 1.80. The van der Waals surface area contributed by atoms with Crippen molar-refractivity contribution in [1.29, 1.82) is 0 Å². The van der Waals surface area contributed by atoms with Crippen molar-refractivity contribution in [1.82, 2.24) is 15.5 Å². The molecule has 0 aliphatic heterocycles. The molecular weight excluding hydrogens is 254 g/mol. The summed E-state index contributed by atoms with van der Waals surface area (Å²) < 4.78 is 0. The van der Waals surface area contributed by atoms with Crippen LogP contribution in [0.15, 0.2) is 47.3 Å². The summed E-state index contributed by atoms with van der Waals surface area (Å²) in [6, 6.07) is 12.5. The average Bonchev–Trinajstić information content (AvgIpc) is 2.48. The van der Waals surface area contributed by atoms with Crippen LogP contribution in [-0.4, -0.2) is 16.1 Å². The number of nitrogens with zero attached hydrogens (tertiary/aromatic N) is 1. The smallest absolute Gasteiger partial charge is 0.272 e. The third kappa shape index (κ3) is 3.54. The molecule has 2 rings (SSSR count). The van der Waals surface area contributed by atoms with E-state index in [1.165, 1.54) is 12.1 Å². The van der Waals surface area contributed by atoms with Gasteiger partial charge in [-0.1, -0.05) is 43.7 Å². The highest BCUT2D eigenvalue weighted by molar-refractivity contribution is 5.92. The predicted molar refractivity (Wildman–Crippen MR) is 76.4 cm³/mol. The normalized spacial score (nSPS) is 11.8. The molecule has 0 fully saturated rings. The van der Waals surface area contributed by atoms with Gasteiger partial charge in [-0.05, 0) is 18.1 Å². The molecule has 5 nitrogen and oxygen atoms in total. The second-order valence-electron chi connectivity index (χ2n) is 4.53. The fraction of sp³-hybridized carbons (Fsp3) is 0.267. The fourth-order valence-electron chi connectivity index (χ4n) is 2.00. The number of carbonyl (C=O) groups is 1. The molecule has 2 N–H and O–H groups in total. The number of aromatic amines is 1. The SMILES string of the molecule is CCCC(NC(=O)c1ccc(=O)[nH]n1)c1ccccc1. The molecular formula is C15H17N3O2. The molecule has 1 unspecified atom stereocenters. The summed E-state index contributed by atoms with van der Waals surface area (Å²) in [6.45, 7) is 2.07. The van der Waals surface area contributed by atoms with Gasteiger partial charge in [0.25, 0.3) is 11.5 Å². The van der Waals surface area contributed by atoms with E-state index in [1.54, 1.807) is 0 Å². The highest BCUT2D eigenvalue weighted by Crippen LogP contribution is 2.18. The molecule has 20 heavy (non-hydrogen) atoms. The van der Waals surface area contributed by atoms with Gasteiger partial charge in [0.1, 0.15) is 5.69 Å². The maximum absolute atomic E-state index is 12.1. The Hall–Kier alpha value is -2.43. The first-order valence-corrected chi connectivity index (χ1v) is 6.62. The molecule has 1 aromatic carbocycles. The zero-order valence-corrected chi connectivity index (χ0v) is 11.3. The van der Waals surface area contributed by atoms with Crippen LogP contribution in [0.5, 0.6) is 0 Å². The molecule has 0 saturated carbocycles. The van der Waals surface area contributed by atoms with E-state index >= 15 is 0 Å². The number of hydrogen-bond acceptors (Lipinski definition) is 3. The molecule has 0 radical (unpaired) electrons. The lowest BCUT2D eigenvalue weighted by molar-refractivity contribution is 0.0928.